The summed E-state index contributed by atoms with van der Waals surface area (Å²) in [6.45, 7) is 7.12. The number of hydrogen-bond donors (Lipinski definition) is 0. The quantitative estimate of drug-likeness (QED) is 0.250. The van der Waals surface area contributed by atoms with E-state index >= 15 is 0 Å². The number of halogens is 1. The molecule has 1 aromatic rings. The van der Waals surface area contributed by atoms with E-state index in [4.69, 9.17) is 16.5 Å². The zero-order chi connectivity index (χ0) is 18.4. The molecule has 136 valence electrons. The topological polar surface area (TPSA) is 74.2 Å². The molecule has 0 radical (unpaired) electrons. The van der Waals surface area contributed by atoms with E-state index in [0.29, 0.717) is 10.8 Å². The SMILES string of the molecule is CC(=O)OOc1ccc(Cl)cc1C.CCCCCCC(C)ON=O. The normalized spacial score (nSPS) is 10.9. The van der Waals surface area contributed by atoms with E-state index in [9.17, 15) is 9.70 Å². The first-order chi connectivity index (χ1) is 11.4. The molecule has 0 N–H and O–H groups in total. The minimum absolute atomic E-state index is 0.00986. The van der Waals surface area contributed by atoms with Gasteiger partial charge < -0.3 is 4.84 Å². The Morgan fingerprint density at radius 2 is 2.00 bits per heavy atom. The highest BCUT2D eigenvalue weighted by Gasteiger charge is 2.03. The average Bonchev–Trinajstić information content (AvgIpc) is 2.51. The van der Waals surface area contributed by atoms with Gasteiger partial charge in [0.05, 0.1) is 0 Å². The van der Waals surface area contributed by atoms with Gasteiger partial charge in [0.25, 0.3) is 0 Å². The summed E-state index contributed by atoms with van der Waals surface area (Å²) in [5.74, 6) is -0.00560. The summed E-state index contributed by atoms with van der Waals surface area (Å²) in [7, 11) is 0. The van der Waals surface area contributed by atoms with Crippen LogP contribution in [0.2, 0.25) is 5.02 Å². The maximum atomic E-state index is 10.4. The van der Waals surface area contributed by atoms with Crippen molar-refractivity contribution in [1.82, 2.24) is 0 Å². The van der Waals surface area contributed by atoms with Crippen LogP contribution in [0.5, 0.6) is 5.75 Å². The van der Waals surface area contributed by atoms with Crippen molar-refractivity contribution < 1.29 is 19.4 Å². The van der Waals surface area contributed by atoms with Crippen LogP contribution in [0.25, 0.3) is 0 Å². The van der Waals surface area contributed by atoms with Gasteiger partial charge in [-0.15, -0.1) is 4.91 Å². The van der Waals surface area contributed by atoms with Gasteiger partial charge in [-0.2, -0.15) is 0 Å². The Kier molecular flexibility index (Phi) is 12.6. The van der Waals surface area contributed by atoms with Crippen molar-refractivity contribution in [2.24, 2.45) is 5.34 Å². The fraction of sp³-hybridized carbons (Fsp3) is 0.588. The van der Waals surface area contributed by atoms with Crippen LogP contribution >= 0.6 is 11.6 Å². The molecule has 0 saturated heterocycles. The number of carbonyl (C=O) groups excluding carboxylic acids is 1. The van der Waals surface area contributed by atoms with Gasteiger partial charge in [-0.3, -0.25) is 9.78 Å². The van der Waals surface area contributed by atoms with E-state index in [1.807, 2.05) is 13.8 Å². The van der Waals surface area contributed by atoms with Crippen molar-refractivity contribution in [3.05, 3.63) is 33.7 Å². The van der Waals surface area contributed by atoms with Gasteiger partial charge in [0, 0.05) is 11.9 Å². The molecule has 0 saturated carbocycles. The van der Waals surface area contributed by atoms with Crippen LogP contribution in [0.3, 0.4) is 0 Å². The standard InChI is InChI=1S/C9H9ClO3.C8H17NO2/c1-6-5-8(10)3-4-9(6)13-12-7(2)11;1-3-4-5-6-7-8(2)11-9-10/h3-5H,1-2H3;8H,3-7H2,1-2H3. The maximum Gasteiger partial charge on any atom is 0.352 e. The number of hydrogen-bond acceptors (Lipinski definition) is 6. The van der Waals surface area contributed by atoms with Crippen LogP contribution in [-0.2, 0) is 14.5 Å². The fourth-order valence-electron chi connectivity index (χ4n) is 1.79. The third kappa shape index (κ3) is 11.7. The van der Waals surface area contributed by atoms with Gasteiger partial charge >= 0.3 is 5.97 Å². The van der Waals surface area contributed by atoms with Crippen molar-refractivity contribution in [2.45, 2.75) is 65.9 Å². The van der Waals surface area contributed by atoms with Gasteiger partial charge in [-0.1, -0.05) is 37.8 Å². The second-order valence-electron chi connectivity index (χ2n) is 5.41. The lowest BCUT2D eigenvalue weighted by molar-refractivity contribution is -0.211. The number of rotatable bonds is 9. The summed E-state index contributed by atoms with van der Waals surface area (Å²) < 4.78 is 0. The van der Waals surface area contributed by atoms with Gasteiger partial charge in [-0.05, 0) is 50.5 Å². The number of unbranched alkanes of at least 4 members (excludes halogenated alkanes) is 3. The minimum atomic E-state index is -0.491. The van der Waals surface area contributed by atoms with Crippen molar-refractivity contribution in [3.8, 4) is 5.75 Å². The summed E-state index contributed by atoms with van der Waals surface area (Å²) in [6.07, 6.45) is 5.78. The maximum absolute atomic E-state index is 10.4. The number of nitrogens with zero attached hydrogens (tertiary/aromatic N) is 1. The molecule has 0 aliphatic heterocycles. The zero-order valence-corrected chi connectivity index (χ0v) is 15.5. The molecule has 0 heterocycles. The Morgan fingerprint density at radius 1 is 1.29 bits per heavy atom. The number of carbonyl (C=O) groups is 1. The smallest absolute Gasteiger partial charge is 0.352 e. The molecule has 1 rings (SSSR count). The minimum Gasteiger partial charge on any atom is -0.361 e. The van der Waals surface area contributed by atoms with Crippen LogP contribution in [0, 0.1) is 11.8 Å². The first kappa shape index (κ1) is 22.2. The van der Waals surface area contributed by atoms with E-state index in [-0.39, 0.29) is 6.10 Å². The Bertz CT molecular complexity index is 496. The zero-order valence-electron chi connectivity index (χ0n) is 14.7. The van der Waals surface area contributed by atoms with Crippen LogP contribution in [0.1, 0.15) is 58.4 Å². The predicted octanol–water partition coefficient (Wildman–Crippen LogP) is 5.55. The molecule has 0 fully saturated rings. The Balaban J connectivity index is 0.000000449. The van der Waals surface area contributed by atoms with Crippen molar-refractivity contribution >= 4 is 17.6 Å². The molecule has 7 heteroatoms. The summed E-state index contributed by atoms with van der Waals surface area (Å²) in [4.78, 5) is 33.7. The Hall–Kier alpha value is -1.82. The molecular weight excluding hydrogens is 334 g/mol. The van der Waals surface area contributed by atoms with Gasteiger partial charge in [-0.25, -0.2) is 4.79 Å². The molecule has 1 unspecified atom stereocenters. The lowest BCUT2D eigenvalue weighted by Gasteiger charge is -2.05. The van der Waals surface area contributed by atoms with Crippen LogP contribution < -0.4 is 4.89 Å². The van der Waals surface area contributed by atoms with E-state index < -0.39 is 5.97 Å². The fourth-order valence-corrected chi connectivity index (χ4v) is 2.02. The molecule has 0 spiro atoms. The molecule has 24 heavy (non-hydrogen) atoms. The summed E-state index contributed by atoms with van der Waals surface area (Å²) in [6, 6.07) is 5.02. The van der Waals surface area contributed by atoms with Gasteiger partial charge in [0.15, 0.2) is 11.1 Å². The third-order valence-electron chi connectivity index (χ3n) is 3.07. The molecule has 0 aromatic heterocycles. The average molecular weight is 360 g/mol. The summed E-state index contributed by atoms with van der Waals surface area (Å²) in [5, 5.41) is 3.00. The first-order valence-electron chi connectivity index (χ1n) is 8.00. The molecule has 0 bridgehead atoms. The van der Waals surface area contributed by atoms with Crippen molar-refractivity contribution in [3.63, 3.8) is 0 Å². The highest BCUT2D eigenvalue weighted by Crippen LogP contribution is 2.21. The van der Waals surface area contributed by atoms with Crippen LogP contribution in [-0.4, -0.2) is 12.1 Å². The lowest BCUT2D eigenvalue weighted by atomic mass is 10.1. The molecule has 0 aliphatic carbocycles. The molecule has 0 amide bonds. The predicted molar refractivity (Wildman–Crippen MR) is 93.7 cm³/mol. The van der Waals surface area contributed by atoms with E-state index in [0.717, 1.165) is 18.4 Å². The van der Waals surface area contributed by atoms with Crippen molar-refractivity contribution in [2.75, 3.05) is 0 Å². The van der Waals surface area contributed by atoms with E-state index in [1.54, 1.807) is 18.2 Å². The Labute approximate surface area is 148 Å². The van der Waals surface area contributed by atoms with Gasteiger partial charge in [0.2, 0.25) is 0 Å². The highest BCUT2D eigenvalue weighted by atomic mass is 35.5. The van der Waals surface area contributed by atoms with E-state index in [2.05, 4.69) is 22.0 Å². The number of aryl methyl sites for hydroxylation is 1. The first-order valence-corrected chi connectivity index (χ1v) is 8.38. The van der Waals surface area contributed by atoms with E-state index in [1.165, 1.54) is 26.2 Å². The molecular formula is C17H26ClNO5. The van der Waals surface area contributed by atoms with Gasteiger partial charge in [0.1, 0.15) is 6.10 Å². The largest absolute Gasteiger partial charge is 0.361 e. The molecule has 1 aromatic carbocycles. The second-order valence-corrected chi connectivity index (χ2v) is 5.84. The van der Waals surface area contributed by atoms with Crippen LogP contribution in [0.4, 0.5) is 0 Å². The number of benzene rings is 1. The Morgan fingerprint density at radius 3 is 2.54 bits per heavy atom. The summed E-state index contributed by atoms with van der Waals surface area (Å²) >= 11 is 5.72. The van der Waals surface area contributed by atoms with Crippen LogP contribution in [0.15, 0.2) is 23.5 Å². The molecule has 0 aliphatic rings. The highest BCUT2D eigenvalue weighted by molar-refractivity contribution is 6.30. The lowest BCUT2D eigenvalue weighted by Crippen LogP contribution is -2.03. The second kappa shape index (κ2) is 13.6. The van der Waals surface area contributed by atoms with Crippen molar-refractivity contribution in [1.29, 1.82) is 0 Å². The monoisotopic (exact) mass is 359 g/mol. The molecule has 6 nitrogen and oxygen atoms in total. The third-order valence-corrected chi connectivity index (χ3v) is 3.31. The molecule has 1 atom stereocenters. The summed E-state index contributed by atoms with van der Waals surface area (Å²) in [5.41, 5.74) is 0.814.